The summed E-state index contributed by atoms with van der Waals surface area (Å²) in [4.78, 5) is 32.2. The van der Waals surface area contributed by atoms with E-state index < -0.39 is 35.7 Å². The Labute approximate surface area is 321 Å². The smallest absolute Gasteiger partial charge is 0.421 e. The van der Waals surface area contributed by atoms with Crippen LogP contribution in [0.3, 0.4) is 0 Å². The van der Waals surface area contributed by atoms with E-state index in [0.29, 0.717) is 54.5 Å². The van der Waals surface area contributed by atoms with Gasteiger partial charge in [0.25, 0.3) is 0 Å². The number of aromatic nitrogens is 2. The topological polar surface area (TPSA) is 144 Å². The highest BCUT2D eigenvalue weighted by atomic mass is 35.5. The molecule has 2 fully saturated rings. The maximum atomic E-state index is 14.5. The molecule has 15 heteroatoms. The number of nitrogens with one attached hydrogen (secondary N) is 3. The van der Waals surface area contributed by atoms with Crippen LogP contribution in [-0.2, 0) is 35.3 Å². The van der Waals surface area contributed by atoms with Crippen LogP contribution in [0.4, 0.5) is 13.2 Å². The van der Waals surface area contributed by atoms with Crippen molar-refractivity contribution in [3.63, 3.8) is 0 Å². The van der Waals surface area contributed by atoms with Crippen molar-refractivity contribution in [3.05, 3.63) is 87.4 Å². The van der Waals surface area contributed by atoms with Gasteiger partial charge in [-0.1, -0.05) is 54.1 Å². The van der Waals surface area contributed by atoms with E-state index in [1.807, 2.05) is 48.5 Å². The van der Waals surface area contributed by atoms with Crippen molar-refractivity contribution in [2.75, 3.05) is 20.8 Å². The molecule has 0 spiro atoms. The van der Waals surface area contributed by atoms with Gasteiger partial charge in [-0.3, -0.25) is 14.9 Å². The van der Waals surface area contributed by atoms with Crippen LogP contribution in [0.5, 0.6) is 17.6 Å². The second kappa shape index (κ2) is 16.0. The fourth-order valence-corrected chi connectivity index (χ4v) is 7.75. The highest BCUT2D eigenvalue weighted by Gasteiger charge is 2.40. The first-order valence-corrected chi connectivity index (χ1v) is 18.6. The number of methoxy groups -OCH3 is 2. The van der Waals surface area contributed by atoms with E-state index in [-0.39, 0.29) is 35.9 Å². The van der Waals surface area contributed by atoms with Gasteiger partial charge in [0.05, 0.1) is 24.9 Å². The number of fused-ring (bicyclic) bond motifs is 1. The van der Waals surface area contributed by atoms with Gasteiger partial charge in [-0.25, -0.2) is 4.98 Å². The third-order valence-electron chi connectivity index (χ3n) is 10.4. The molecule has 1 unspecified atom stereocenters. The van der Waals surface area contributed by atoms with Crippen LogP contribution in [0.2, 0.25) is 5.02 Å². The molecule has 2 aliphatic carbocycles. The van der Waals surface area contributed by atoms with E-state index in [9.17, 15) is 27.9 Å². The van der Waals surface area contributed by atoms with E-state index in [1.165, 1.54) is 7.11 Å². The lowest BCUT2D eigenvalue weighted by Crippen LogP contribution is -2.38. The second-order valence-corrected chi connectivity index (χ2v) is 14.4. The first kappa shape index (κ1) is 38.4. The maximum Gasteiger partial charge on any atom is 0.421 e. The van der Waals surface area contributed by atoms with E-state index in [4.69, 9.17) is 30.8 Å². The molecule has 11 nitrogen and oxygen atoms in total. The number of carbonyl (C=O) groups is 2. The minimum Gasteiger partial charge on any atom is -0.481 e. The van der Waals surface area contributed by atoms with Crippen LogP contribution in [-0.4, -0.2) is 59.8 Å². The lowest BCUT2D eigenvalue weighted by atomic mass is 9.94. The Hall–Kier alpha value is -4.92. The summed E-state index contributed by atoms with van der Waals surface area (Å²) in [6.07, 6.45) is -1.80. The van der Waals surface area contributed by atoms with Crippen molar-refractivity contribution in [2.24, 2.45) is 5.92 Å². The SMILES string of the molecule is COc1nc(-c2cccc(-c3cccc4c3CC[C@@H]4Oc3nc(OC)c(CNC(C(=O)O)C4CC4)cc3C(F)(F)F)c2Cl)ccc1CNC[C@@H]1CCC(=O)N1. The molecule has 0 radical (unpaired) electrons. The fraction of sp³-hybridized carbons (Fsp3) is 0.400. The summed E-state index contributed by atoms with van der Waals surface area (Å²) in [6.45, 7) is 0.957. The third kappa shape index (κ3) is 8.36. The molecule has 1 amide bonds. The van der Waals surface area contributed by atoms with Gasteiger partial charge in [-0.05, 0) is 66.8 Å². The molecular weight excluding hydrogens is 739 g/mol. The van der Waals surface area contributed by atoms with Crippen LogP contribution in [0.25, 0.3) is 22.4 Å². The molecule has 2 aromatic heterocycles. The Kier molecular flexibility index (Phi) is 11.2. The van der Waals surface area contributed by atoms with Crippen molar-refractivity contribution in [1.82, 2.24) is 25.9 Å². The van der Waals surface area contributed by atoms with Gasteiger partial charge in [-0.2, -0.15) is 18.2 Å². The lowest BCUT2D eigenvalue weighted by molar-refractivity contribution is -0.141. The molecule has 4 N–H and O–H groups in total. The number of hydrogen-bond acceptors (Lipinski definition) is 9. The summed E-state index contributed by atoms with van der Waals surface area (Å²) in [6, 6.07) is 15.2. The van der Waals surface area contributed by atoms with Crippen LogP contribution in [0, 0.1) is 5.92 Å². The van der Waals surface area contributed by atoms with Gasteiger partial charge in [-0.15, -0.1) is 0 Å². The zero-order chi connectivity index (χ0) is 38.9. The summed E-state index contributed by atoms with van der Waals surface area (Å²) in [5.74, 6) is -1.31. The van der Waals surface area contributed by atoms with E-state index in [1.54, 1.807) is 7.11 Å². The average Bonchev–Trinajstić information content (AvgIpc) is 3.78. The van der Waals surface area contributed by atoms with Crippen molar-refractivity contribution >= 4 is 23.5 Å². The molecule has 0 bridgehead atoms. The molecule has 1 saturated carbocycles. The van der Waals surface area contributed by atoms with Gasteiger partial charge in [0.1, 0.15) is 17.7 Å². The first-order chi connectivity index (χ1) is 26.4. The van der Waals surface area contributed by atoms with Crippen molar-refractivity contribution in [1.29, 1.82) is 0 Å². The number of alkyl halides is 3. The van der Waals surface area contributed by atoms with Crippen LogP contribution in [0.15, 0.2) is 54.6 Å². The van der Waals surface area contributed by atoms with Gasteiger partial charge in [0.2, 0.25) is 23.5 Å². The number of carbonyl (C=O) groups excluding carboxylic acids is 1. The number of benzene rings is 2. The van der Waals surface area contributed by atoms with Gasteiger partial charge >= 0.3 is 12.1 Å². The monoisotopic (exact) mass is 779 g/mol. The zero-order valence-corrected chi connectivity index (χ0v) is 31.0. The average molecular weight is 780 g/mol. The highest BCUT2D eigenvalue weighted by molar-refractivity contribution is 6.36. The van der Waals surface area contributed by atoms with Crippen LogP contribution < -0.4 is 30.2 Å². The first-order valence-electron chi connectivity index (χ1n) is 18.2. The minimum absolute atomic E-state index is 0.0644. The van der Waals surface area contributed by atoms with E-state index in [0.717, 1.165) is 53.1 Å². The minimum atomic E-state index is -4.80. The molecule has 4 aromatic rings. The normalized spacial score (nSPS) is 18.5. The summed E-state index contributed by atoms with van der Waals surface area (Å²) >= 11 is 7.11. The number of ether oxygens (including phenoxy) is 3. The molecular formula is C40H41ClF3N5O6. The lowest BCUT2D eigenvalue weighted by Gasteiger charge is -2.21. The van der Waals surface area contributed by atoms with Gasteiger partial charge < -0.3 is 30.0 Å². The van der Waals surface area contributed by atoms with Crippen molar-refractivity contribution in [3.8, 4) is 40.0 Å². The number of carboxylic acids is 1. The predicted octanol–water partition coefficient (Wildman–Crippen LogP) is 6.89. The molecule has 3 aliphatic rings. The largest absolute Gasteiger partial charge is 0.481 e. The molecule has 2 aromatic carbocycles. The Bertz CT molecular complexity index is 2100. The van der Waals surface area contributed by atoms with Crippen LogP contribution in [0.1, 0.15) is 66.0 Å². The number of carboxylic acid groups (broad SMARTS) is 1. The number of rotatable bonds is 15. The number of amides is 1. The summed E-state index contributed by atoms with van der Waals surface area (Å²) in [7, 11) is 2.85. The predicted molar refractivity (Wildman–Crippen MR) is 198 cm³/mol. The highest BCUT2D eigenvalue weighted by Crippen LogP contribution is 2.46. The summed E-state index contributed by atoms with van der Waals surface area (Å²) < 4.78 is 60.5. The number of halogens is 4. The molecule has 290 valence electrons. The van der Waals surface area contributed by atoms with Crippen molar-refractivity contribution < 1.29 is 42.1 Å². The third-order valence-corrected chi connectivity index (χ3v) is 10.8. The summed E-state index contributed by atoms with van der Waals surface area (Å²) in [5.41, 5.74) is 4.33. The Morgan fingerprint density at radius 3 is 2.35 bits per heavy atom. The van der Waals surface area contributed by atoms with Gasteiger partial charge in [0.15, 0.2) is 0 Å². The molecule has 7 rings (SSSR count). The molecule has 1 saturated heterocycles. The van der Waals surface area contributed by atoms with Gasteiger partial charge in [0, 0.05) is 54.4 Å². The zero-order valence-electron chi connectivity index (χ0n) is 30.3. The number of aliphatic carboxylic acids is 1. The fourth-order valence-electron chi connectivity index (χ4n) is 7.43. The quantitative estimate of drug-likeness (QED) is 0.101. The van der Waals surface area contributed by atoms with E-state index in [2.05, 4.69) is 20.9 Å². The Balaban J connectivity index is 1.12. The molecule has 55 heavy (non-hydrogen) atoms. The number of hydrogen-bond donors (Lipinski definition) is 4. The number of pyridine rings is 2. The number of nitrogens with zero attached hydrogens (tertiary/aromatic N) is 2. The Morgan fingerprint density at radius 2 is 1.65 bits per heavy atom. The summed E-state index contributed by atoms with van der Waals surface area (Å²) in [5, 5.41) is 19.2. The Morgan fingerprint density at radius 1 is 0.927 bits per heavy atom. The van der Waals surface area contributed by atoms with E-state index >= 15 is 0 Å². The van der Waals surface area contributed by atoms with Crippen molar-refractivity contribution in [2.45, 2.75) is 76.0 Å². The maximum absolute atomic E-state index is 14.5. The van der Waals surface area contributed by atoms with Crippen LogP contribution >= 0.6 is 11.6 Å². The second-order valence-electron chi connectivity index (χ2n) is 14.0. The molecule has 3 atom stereocenters. The molecule has 1 aliphatic heterocycles. The standard InChI is InChI=1S/C40H41ClF3N5O6/c1-53-36-22(18-45-20-24-12-16-33(50)47-24)11-14-31(48-36)29-8-4-7-28(34(29)41)25-5-3-6-27-26(25)13-15-32(27)55-38-30(40(42,43)44)17-23(37(49-38)54-2)19-46-35(39(51)52)21-9-10-21/h3-8,11,14,17,21,24,32,35,45-46H,9-10,12-13,15-16,18-20H2,1-2H3,(H,47,50)(H,51,52)/t24-,32-,35?/m0/s1. The molecule has 3 heterocycles.